The molecule has 212 valence electrons. The van der Waals surface area contributed by atoms with Gasteiger partial charge >= 0.3 is 241 Å². The Labute approximate surface area is 249 Å². The minimum atomic E-state index is -0.323. The quantitative estimate of drug-likeness (QED) is 0.224. The van der Waals surface area contributed by atoms with Crippen LogP contribution in [0, 0.1) is 0 Å². The molecule has 0 fully saturated rings. The van der Waals surface area contributed by atoms with Crippen molar-refractivity contribution in [3.05, 3.63) is 81.4 Å². The minimum absolute atomic E-state index is 0. The van der Waals surface area contributed by atoms with Gasteiger partial charge in [0.1, 0.15) is 0 Å². The van der Waals surface area contributed by atoms with Crippen LogP contribution in [0.5, 0.6) is 0 Å². The summed E-state index contributed by atoms with van der Waals surface area (Å²) in [6, 6.07) is 18.9. The fourth-order valence-corrected chi connectivity index (χ4v) is 17.8. The zero-order valence-corrected chi connectivity index (χ0v) is 28.6. The maximum atomic E-state index is 2.67. The van der Waals surface area contributed by atoms with Crippen molar-refractivity contribution < 1.29 is 28.6 Å². The van der Waals surface area contributed by atoms with Gasteiger partial charge in [0.15, 0.2) is 0 Å². The van der Waals surface area contributed by atoms with Crippen LogP contribution in [0.15, 0.2) is 59.2 Å². The largest absolute Gasteiger partial charge is 1.00 e. The van der Waals surface area contributed by atoms with Gasteiger partial charge in [-0.3, -0.25) is 0 Å². The molecule has 6 atom stereocenters. The Morgan fingerprint density at radius 2 is 0.872 bits per heavy atom. The van der Waals surface area contributed by atoms with Crippen molar-refractivity contribution >= 4 is 28.0 Å². The van der Waals surface area contributed by atoms with Crippen LogP contribution in [0.25, 0.3) is 12.2 Å². The van der Waals surface area contributed by atoms with E-state index in [0.717, 1.165) is 22.6 Å². The second kappa shape index (κ2) is 15.5. The Hall–Kier alpha value is -0.646. The second-order valence-electron chi connectivity index (χ2n) is 11.3. The Bertz CT molecular complexity index is 1020. The first-order valence-corrected chi connectivity index (χ1v) is 19.6. The van der Waals surface area contributed by atoms with Crippen molar-refractivity contribution in [2.75, 3.05) is 0 Å². The molecular formula is C34H48F2P2Ti. The zero-order chi connectivity index (χ0) is 26.7. The summed E-state index contributed by atoms with van der Waals surface area (Å²) >= 11 is -0.323. The molecule has 2 aromatic carbocycles. The Morgan fingerprint density at radius 1 is 0.564 bits per heavy atom. The fraction of sp³-hybridized carbons (Fsp3) is 0.529. The molecule has 0 aliphatic heterocycles. The Balaban J connectivity index is 0.00000267. The average molecular weight is 605 g/mol. The minimum Gasteiger partial charge on any atom is -1.00 e. The third-order valence-electron chi connectivity index (χ3n) is 9.00. The predicted octanol–water partition coefficient (Wildman–Crippen LogP) is 5.43. The molecule has 0 saturated carbocycles. The molecule has 2 aliphatic rings. The summed E-state index contributed by atoms with van der Waals surface area (Å²) in [5.41, 5.74) is 9.52. The molecule has 0 heterocycles. The van der Waals surface area contributed by atoms with Crippen LogP contribution in [-0.2, 0) is 19.2 Å². The van der Waals surface area contributed by atoms with Gasteiger partial charge in [0.25, 0.3) is 0 Å². The van der Waals surface area contributed by atoms with Crippen LogP contribution >= 0.6 is 15.8 Å². The first-order valence-electron chi connectivity index (χ1n) is 14.8. The SMILES string of the molecule is CCC(C)P(C1=Cc2ccccc2[CH]1[Ti+2][CH]1C(P(C(C)CC)C(C)CC)=Cc2ccccc21)C(C)CC.[F-].[F-]. The van der Waals surface area contributed by atoms with Gasteiger partial charge in [-0.15, -0.1) is 0 Å². The van der Waals surface area contributed by atoms with Gasteiger partial charge in [0.2, 0.25) is 0 Å². The van der Waals surface area contributed by atoms with E-state index in [1.54, 1.807) is 11.1 Å². The molecule has 2 aliphatic carbocycles. The molecular weight excluding hydrogens is 556 g/mol. The molecule has 0 N–H and O–H groups in total. The third-order valence-corrected chi connectivity index (χ3v) is 20.0. The molecule has 0 aromatic heterocycles. The average Bonchev–Trinajstić information content (AvgIpc) is 3.46. The van der Waals surface area contributed by atoms with Gasteiger partial charge in [0, 0.05) is 0 Å². The maximum Gasteiger partial charge on any atom is -1.00 e. The molecule has 6 unspecified atom stereocenters. The first-order chi connectivity index (χ1) is 17.9. The van der Waals surface area contributed by atoms with Gasteiger partial charge in [-0.05, 0) is 0 Å². The van der Waals surface area contributed by atoms with Gasteiger partial charge in [-0.25, -0.2) is 0 Å². The number of halogens is 2. The normalized spacial score (nSPS) is 21.9. The van der Waals surface area contributed by atoms with Crippen LogP contribution in [0.4, 0.5) is 0 Å². The van der Waals surface area contributed by atoms with Crippen LogP contribution in [0.2, 0.25) is 0 Å². The predicted molar refractivity (Wildman–Crippen MR) is 167 cm³/mol. The van der Waals surface area contributed by atoms with Crippen LogP contribution in [0.3, 0.4) is 0 Å². The maximum absolute atomic E-state index is 2.67. The Kier molecular flexibility index (Phi) is 13.8. The van der Waals surface area contributed by atoms with Crippen LogP contribution in [-0.4, -0.2) is 22.6 Å². The van der Waals surface area contributed by atoms with Crippen LogP contribution in [0.1, 0.15) is 112 Å². The van der Waals surface area contributed by atoms with E-state index < -0.39 is 0 Å². The number of rotatable bonds is 12. The molecule has 5 heteroatoms. The summed E-state index contributed by atoms with van der Waals surface area (Å²) in [4.78, 5) is 0. The molecule has 39 heavy (non-hydrogen) atoms. The van der Waals surface area contributed by atoms with E-state index in [4.69, 9.17) is 0 Å². The van der Waals surface area contributed by atoms with E-state index in [1.165, 1.54) is 36.8 Å². The van der Waals surface area contributed by atoms with Crippen molar-refractivity contribution in [2.24, 2.45) is 0 Å². The Morgan fingerprint density at radius 3 is 1.18 bits per heavy atom. The van der Waals surface area contributed by atoms with E-state index in [9.17, 15) is 0 Å². The van der Waals surface area contributed by atoms with E-state index in [-0.39, 0.29) is 44.4 Å². The molecule has 2 aromatic rings. The fourth-order valence-electron chi connectivity index (χ4n) is 6.25. The molecule has 0 spiro atoms. The summed E-state index contributed by atoms with van der Waals surface area (Å²) in [6.07, 6.45) is 10.5. The summed E-state index contributed by atoms with van der Waals surface area (Å²) in [5, 5.41) is 3.69. The number of hydrogen-bond acceptors (Lipinski definition) is 0. The summed E-state index contributed by atoms with van der Waals surface area (Å²) in [7, 11) is -0.280. The third kappa shape index (κ3) is 7.05. The number of fused-ring (bicyclic) bond motifs is 2. The van der Waals surface area contributed by atoms with E-state index in [0.29, 0.717) is 8.45 Å². The molecule has 0 bridgehead atoms. The smallest absolute Gasteiger partial charge is 1.00 e. The number of hydrogen-bond donors (Lipinski definition) is 0. The summed E-state index contributed by atoms with van der Waals surface area (Å²) in [5.74, 6) is 0. The zero-order valence-electron chi connectivity index (χ0n) is 25.2. The summed E-state index contributed by atoms with van der Waals surface area (Å²) in [6.45, 7) is 19.8. The van der Waals surface area contributed by atoms with Crippen molar-refractivity contribution in [3.63, 3.8) is 0 Å². The monoisotopic (exact) mass is 604 g/mol. The standard InChI is InChI=1S/2C17H24P.2FH.Ti/c2*1-5-13(3)18(14(4)6-2)17-11-15-9-7-8-10-16(15)12-17;;;/h2*7-14H,5-6H2,1-4H3;2*1H;/q;;;;+2/p-2. The second-order valence-corrected chi connectivity index (χ2v) is 19.8. The summed E-state index contributed by atoms with van der Waals surface area (Å²) < 4.78 is 1.35. The topological polar surface area (TPSA) is 0 Å². The van der Waals surface area contributed by atoms with E-state index in [1.807, 2.05) is 10.6 Å². The van der Waals surface area contributed by atoms with Crippen molar-refractivity contribution in [2.45, 2.75) is 112 Å². The van der Waals surface area contributed by atoms with E-state index in [2.05, 4.69) is 116 Å². The van der Waals surface area contributed by atoms with Crippen molar-refractivity contribution in [1.29, 1.82) is 0 Å². The molecule has 0 radical (unpaired) electrons. The molecule has 0 nitrogen and oxygen atoms in total. The van der Waals surface area contributed by atoms with Crippen LogP contribution < -0.4 is 9.41 Å². The number of benzene rings is 2. The van der Waals surface area contributed by atoms with Gasteiger partial charge in [0.05, 0.1) is 0 Å². The molecule has 0 saturated heterocycles. The van der Waals surface area contributed by atoms with Crippen molar-refractivity contribution in [1.82, 2.24) is 0 Å². The molecule has 4 rings (SSSR count). The van der Waals surface area contributed by atoms with Crippen molar-refractivity contribution in [3.8, 4) is 0 Å². The van der Waals surface area contributed by atoms with Gasteiger partial charge in [-0.1, -0.05) is 0 Å². The van der Waals surface area contributed by atoms with E-state index >= 15 is 0 Å². The number of allylic oxidation sites excluding steroid dienone is 2. The first kappa shape index (κ1) is 34.6. The van der Waals surface area contributed by atoms with Gasteiger partial charge < -0.3 is 9.41 Å². The molecule has 0 amide bonds. The van der Waals surface area contributed by atoms with Gasteiger partial charge in [-0.2, -0.15) is 0 Å².